The molecule has 4 atom stereocenters. The van der Waals surface area contributed by atoms with Crippen LogP contribution in [0.1, 0.15) is 96.6 Å². The van der Waals surface area contributed by atoms with Gasteiger partial charge in [-0.2, -0.15) is 18.4 Å². The van der Waals surface area contributed by atoms with Gasteiger partial charge in [0.2, 0.25) is 5.91 Å². The molecule has 2 heterocycles. The summed E-state index contributed by atoms with van der Waals surface area (Å²) in [5.74, 6) is -0.703. The van der Waals surface area contributed by atoms with E-state index in [1.54, 1.807) is 32.0 Å². The fourth-order valence-corrected chi connectivity index (χ4v) is 9.41. The number of Topliss-reactive ketones (excluding diaryl/α,β-unsaturated/α-hetero) is 2. The number of amides is 2. The molecule has 0 spiro atoms. The lowest BCUT2D eigenvalue weighted by Gasteiger charge is -2.42. The first-order chi connectivity index (χ1) is 27.5. The summed E-state index contributed by atoms with van der Waals surface area (Å²) in [6, 6.07) is 11.7. The third kappa shape index (κ3) is 9.71. The van der Waals surface area contributed by atoms with E-state index in [0.29, 0.717) is 50.3 Å². The molecule has 2 aromatic rings. The second-order valence-corrected chi connectivity index (χ2v) is 16.7. The molecule has 312 valence electrons. The molecule has 2 saturated carbocycles. The molecule has 0 bridgehead atoms. The van der Waals surface area contributed by atoms with Crippen LogP contribution < -0.4 is 15.5 Å². The Kier molecular flexibility index (Phi) is 13.3. The van der Waals surface area contributed by atoms with E-state index in [9.17, 15) is 37.6 Å². The molecule has 58 heavy (non-hydrogen) atoms. The Bertz CT molecular complexity index is 1930. The van der Waals surface area contributed by atoms with Crippen molar-refractivity contribution in [1.29, 1.82) is 5.26 Å². The number of nitriles is 1. The fourth-order valence-electron chi connectivity index (χ4n) is 8.84. The Labute approximate surface area is 342 Å². The number of hydrogen-bond donors (Lipinski definition) is 2. The molecule has 0 aromatic heterocycles. The molecule has 2 amide bonds. The molecule has 2 saturated heterocycles. The van der Waals surface area contributed by atoms with E-state index in [1.807, 2.05) is 17.0 Å². The van der Waals surface area contributed by atoms with Crippen LogP contribution in [0.2, 0.25) is 0 Å². The highest BCUT2D eigenvalue weighted by atomic mass is 32.1. The first kappa shape index (κ1) is 43.2. The van der Waals surface area contributed by atoms with Crippen molar-refractivity contribution >= 4 is 57.8 Å². The van der Waals surface area contributed by atoms with Gasteiger partial charge in [-0.05, 0) is 121 Å². The minimum atomic E-state index is -4.77. The zero-order chi connectivity index (χ0) is 41.9. The number of carbonyl (C=O) groups is 4. The van der Waals surface area contributed by atoms with E-state index in [-0.39, 0.29) is 71.6 Å². The zero-order valence-corrected chi connectivity index (χ0v) is 34.1. The van der Waals surface area contributed by atoms with Gasteiger partial charge >= 0.3 is 6.18 Å². The van der Waals surface area contributed by atoms with Crippen molar-refractivity contribution < 1.29 is 41.8 Å². The molecule has 2 unspecified atom stereocenters. The molecule has 6 rings (SSSR count). The number of ether oxygens (including phenoxy) is 2. The second kappa shape index (κ2) is 17.8. The molecule has 0 radical (unpaired) electrons. The summed E-state index contributed by atoms with van der Waals surface area (Å²) in [6.07, 6.45) is 0.395. The number of nitrogens with one attached hydrogen (secondary N) is 2. The second-order valence-electron chi connectivity index (χ2n) is 16.4. The predicted molar refractivity (Wildman–Crippen MR) is 215 cm³/mol. The molecule has 12 nitrogen and oxygen atoms in total. The molecule has 2 aliphatic heterocycles. The van der Waals surface area contributed by atoms with Crippen LogP contribution in [0, 0.1) is 11.3 Å². The summed E-state index contributed by atoms with van der Waals surface area (Å²) >= 11 is 5.73. The van der Waals surface area contributed by atoms with Crippen LogP contribution in [-0.2, 0) is 34.8 Å². The topological polar surface area (TPSA) is 144 Å². The summed E-state index contributed by atoms with van der Waals surface area (Å²) in [7, 11) is 0. The zero-order valence-electron chi connectivity index (χ0n) is 33.3. The van der Waals surface area contributed by atoms with Crippen molar-refractivity contribution in [3.05, 3.63) is 53.6 Å². The summed E-state index contributed by atoms with van der Waals surface area (Å²) in [5, 5.41) is 15.5. The minimum absolute atomic E-state index is 0.00563. The monoisotopic (exact) mass is 824 g/mol. The Morgan fingerprint density at radius 3 is 2.24 bits per heavy atom. The number of thiocarbonyl (C=S) groups is 1. The van der Waals surface area contributed by atoms with Crippen LogP contribution in [-0.4, -0.2) is 100.0 Å². The first-order valence-electron chi connectivity index (χ1n) is 19.9. The number of benzene rings is 2. The third-order valence-electron chi connectivity index (χ3n) is 11.8. The predicted octanol–water partition coefficient (Wildman–Crippen LogP) is 6.62. The van der Waals surface area contributed by atoms with Gasteiger partial charge < -0.3 is 25.0 Å². The highest BCUT2D eigenvalue weighted by Gasteiger charge is 2.52. The standard InChI is InChI=1S/C42H51F3N6O6S/c1-25-18-34(19-26(2)49(25)24-38(54)48-29-7-5-6-28(20-29)47-36-15-12-32(52)22-37(36)53)57-17-16-56-33-13-10-30(11-14-33)51-40(58)50(39(55)41(51,3)4)31-9-8-27(23-46)35(21-31)42(43,44)45/h5-9,20-21,25-26,30,33-34,36,47H,10-19,22,24H2,1-4H3,(H,48,54)/t25-,26+,30?,33?,34?,36?. The van der Waals surface area contributed by atoms with Crippen molar-refractivity contribution in [2.45, 2.75) is 134 Å². The molecular formula is C42H51F3N6O6S. The minimum Gasteiger partial charge on any atom is -0.376 e. The van der Waals surface area contributed by atoms with Gasteiger partial charge in [-0.15, -0.1) is 0 Å². The van der Waals surface area contributed by atoms with Crippen LogP contribution >= 0.6 is 12.2 Å². The van der Waals surface area contributed by atoms with Crippen molar-refractivity contribution in [3.8, 4) is 6.07 Å². The van der Waals surface area contributed by atoms with Gasteiger partial charge in [0, 0.05) is 35.9 Å². The summed E-state index contributed by atoms with van der Waals surface area (Å²) in [6.45, 7) is 8.71. The number of carbonyl (C=O) groups excluding carboxylic acids is 4. The smallest absolute Gasteiger partial charge is 0.376 e. The number of anilines is 3. The van der Waals surface area contributed by atoms with Crippen molar-refractivity contribution in [1.82, 2.24) is 9.80 Å². The molecule has 2 aliphatic carbocycles. The number of rotatable bonds is 12. The average molecular weight is 825 g/mol. The summed E-state index contributed by atoms with van der Waals surface area (Å²) < 4.78 is 53.6. The van der Waals surface area contributed by atoms with Gasteiger partial charge in [-0.3, -0.25) is 29.0 Å². The van der Waals surface area contributed by atoms with Crippen LogP contribution in [0.25, 0.3) is 0 Å². The number of hydrogen-bond acceptors (Lipinski definition) is 10. The van der Waals surface area contributed by atoms with Crippen LogP contribution in [0.4, 0.5) is 30.2 Å². The number of halogens is 3. The van der Waals surface area contributed by atoms with Crippen LogP contribution in [0.5, 0.6) is 0 Å². The van der Waals surface area contributed by atoms with E-state index in [1.165, 1.54) is 6.07 Å². The van der Waals surface area contributed by atoms with Crippen molar-refractivity contribution in [3.63, 3.8) is 0 Å². The highest BCUT2D eigenvalue weighted by molar-refractivity contribution is 7.80. The van der Waals surface area contributed by atoms with Gasteiger partial charge in [0.1, 0.15) is 11.3 Å². The maximum Gasteiger partial charge on any atom is 0.417 e. The van der Waals surface area contributed by atoms with Gasteiger partial charge in [0.15, 0.2) is 10.9 Å². The lowest BCUT2D eigenvalue weighted by Crippen LogP contribution is -2.51. The van der Waals surface area contributed by atoms with Crippen LogP contribution in [0.15, 0.2) is 42.5 Å². The maximum atomic E-state index is 13.7. The summed E-state index contributed by atoms with van der Waals surface area (Å²) in [5.41, 5.74) is -1.39. The van der Waals surface area contributed by atoms with Crippen LogP contribution in [0.3, 0.4) is 0 Å². The molecule has 4 fully saturated rings. The number of ketones is 2. The van der Waals surface area contributed by atoms with Crippen molar-refractivity contribution in [2.24, 2.45) is 0 Å². The van der Waals surface area contributed by atoms with E-state index in [4.69, 9.17) is 21.7 Å². The molecule has 2 N–H and O–H groups in total. The van der Waals surface area contributed by atoms with Gasteiger partial charge in [0.05, 0.1) is 67.3 Å². The lowest BCUT2D eigenvalue weighted by atomic mass is 9.89. The summed E-state index contributed by atoms with van der Waals surface area (Å²) in [4.78, 5) is 55.7. The van der Waals surface area contributed by atoms with E-state index in [2.05, 4.69) is 29.4 Å². The number of alkyl halides is 3. The molecular weight excluding hydrogens is 774 g/mol. The molecule has 16 heteroatoms. The largest absolute Gasteiger partial charge is 0.417 e. The van der Waals surface area contributed by atoms with Gasteiger partial charge in [-0.25, -0.2) is 0 Å². The van der Waals surface area contributed by atoms with E-state index < -0.39 is 34.8 Å². The SMILES string of the molecule is C[C@@H]1CC(OCCOC2CCC(N3C(=S)N(c4ccc(C#N)c(C(F)(F)F)c4)C(=O)C3(C)C)CC2)C[C@H](C)N1CC(=O)Nc1cccc(NC2CCC(=O)CC2=O)c1. The average Bonchev–Trinajstić information content (AvgIpc) is 3.34. The third-order valence-corrected chi connectivity index (χ3v) is 12.2. The fraction of sp³-hybridized carbons (Fsp3) is 0.571. The highest BCUT2D eigenvalue weighted by Crippen LogP contribution is 2.41. The van der Waals surface area contributed by atoms with Gasteiger partial charge in [-0.1, -0.05) is 6.07 Å². The number of piperidine rings is 1. The number of nitrogens with zero attached hydrogens (tertiary/aromatic N) is 4. The lowest BCUT2D eigenvalue weighted by molar-refractivity contribution is -0.138. The first-order valence-corrected chi connectivity index (χ1v) is 20.4. The van der Waals surface area contributed by atoms with Crippen molar-refractivity contribution in [2.75, 3.05) is 35.3 Å². The molecule has 4 aliphatic rings. The molecule has 2 aromatic carbocycles. The maximum absolute atomic E-state index is 13.7. The van der Waals surface area contributed by atoms with E-state index in [0.717, 1.165) is 42.7 Å². The Morgan fingerprint density at radius 2 is 1.60 bits per heavy atom. The normalized spacial score (nSPS) is 26.8. The van der Waals surface area contributed by atoms with Gasteiger partial charge in [0.25, 0.3) is 5.91 Å². The Morgan fingerprint density at radius 1 is 0.948 bits per heavy atom. The number of likely N-dealkylation sites (tertiary alicyclic amines) is 1. The quantitative estimate of drug-likeness (QED) is 0.136. The van der Waals surface area contributed by atoms with E-state index >= 15 is 0 Å². The Balaban J connectivity index is 0.919. The Hall–Kier alpha value is -4.43.